The van der Waals surface area contributed by atoms with Crippen LogP contribution in [-0.4, -0.2) is 58.0 Å². The number of methoxy groups -OCH3 is 2. The molecule has 0 bridgehead atoms. The summed E-state index contributed by atoms with van der Waals surface area (Å²) < 4.78 is 20.3. The molecule has 21 heavy (non-hydrogen) atoms. The van der Waals surface area contributed by atoms with E-state index in [1.54, 1.807) is 0 Å². The second kappa shape index (κ2) is 8.93. The first-order valence-electron chi connectivity index (χ1n) is 6.24. The van der Waals surface area contributed by atoms with Gasteiger partial charge in [-0.2, -0.15) is 0 Å². The maximum atomic E-state index is 11.3. The molecule has 0 aliphatic carbocycles. The van der Waals surface area contributed by atoms with Gasteiger partial charge < -0.3 is 24.1 Å². The molecule has 116 valence electrons. The molecule has 1 aromatic carbocycles. The van der Waals surface area contributed by atoms with E-state index < -0.39 is 5.97 Å². The van der Waals surface area contributed by atoms with Crippen LogP contribution in [0.4, 0.5) is 0 Å². The molecule has 0 saturated heterocycles. The first kappa shape index (κ1) is 16.9. The Balaban J connectivity index is 3.02. The van der Waals surface area contributed by atoms with E-state index in [4.69, 9.17) is 18.9 Å². The fourth-order valence-electron chi connectivity index (χ4n) is 1.55. The molecule has 1 N–H and O–H groups in total. The lowest BCUT2D eigenvalue weighted by atomic mass is 10.1. The second-order valence-corrected chi connectivity index (χ2v) is 3.99. The number of carbonyl (C=O) groups excluding carboxylic acids is 1. The van der Waals surface area contributed by atoms with E-state index in [2.05, 4.69) is 0 Å². The van der Waals surface area contributed by atoms with E-state index in [1.807, 2.05) is 0 Å². The molecule has 0 fully saturated rings. The predicted octanol–water partition coefficient (Wildman–Crippen LogP) is 1.25. The molecule has 0 aliphatic heterocycles. The minimum absolute atomic E-state index is 0.0795. The van der Waals surface area contributed by atoms with Crippen molar-refractivity contribution in [3.05, 3.63) is 23.3 Å². The van der Waals surface area contributed by atoms with E-state index in [9.17, 15) is 14.7 Å². The number of carboxylic acids is 1. The molecule has 7 nitrogen and oxygen atoms in total. The third-order valence-corrected chi connectivity index (χ3v) is 2.56. The van der Waals surface area contributed by atoms with Gasteiger partial charge in [0.05, 0.1) is 18.8 Å². The first-order valence-corrected chi connectivity index (χ1v) is 6.24. The van der Waals surface area contributed by atoms with Gasteiger partial charge in [0.1, 0.15) is 30.3 Å². The van der Waals surface area contributed by atoms with Crippen LogP contribution in [0.3, 0.4) is 0 Å². The lowest BCUT2D eigenvalue weighted by Crippen LogP contribution is -2.11. The number of ether oxygens (including phenoxy) is 4. The molecule has 0 amide bonds. The number of aromatic carboxylic acids is 1. The Morgan fingerprint density at radius 3 is 2.10 bits per heavy atom. The summed E-state index contributed by atoms with van der Waals surface area (Å²) in [6.07, 6.45) is 0.580. The molecule has 0 heterocycles. The van der Waals surface area contributed by atoms with Crippen molar-refractivity contribution in [1.82, 2.24) is 0 Å². The summed E-state index contributed by atoms with van der Waals surface area (Å²) in [6, 6.07) is 2.61. The maximum Gasteiger partial charge on any atom is 0.339 e. The topological polar surface area (TPSA) is 91.3 Å². The van der Waals surface area contributed by atoms with Crippen LogP contribution in [0.25, 0.3) is 0 Å². The molecule has 0 aliphatic rings. The van der Waals surface area contributed by atoms with Crippen LogP contribution in [0.2, 0.25) is 0 Å². The van der Waals surface area contributed by atoms with Crippen LogP contribution in [0.5, 0.6) is 11.5 Å². The van der Waals surface area contributed by atoms with E-state index in [0.717, 1.165) is 0 Å². The van der Waals surface area contributed by atoms with Gasteiger partial charge in [-0.15, -0.1) is 0 Å². The van der Waals surface area contributed by atoms with Crippen molar-refractivity contribution in [3.63, 3.8) is 0 Å². The van der Waals surface area contributed by atoms with Gasteiger partial charge in [0, 0.05) is 14.2 Å². The molecule has 0 atom stereocenters. The first-order chi connectivity index (χ1) is 10.1. The van der Waals surface area contributed by atoms with Crippen molar-refractivity contribution in [2.75, 3.05) is 40.6 Å². The summed E-state index contributed by atoms with van der Waals surface area (Å²) in [5, 5.41) is 9.20. The second-order valence-electron chi connectivity index (χ2n) is 3.99. The highest BCUT2D eigenvalue weighted by molar-refractivity contribution is 5.94. The fraction of sp³-hybridized carbons (Fsp3) is 0.429. The van der Waals surface area contributed by atoms with Crippen molar-refractivity contribution in [2.24, 2.45) is 0 Å². The van der Waals surface area contributed by atoms with Gasteiger partial charge in [-0.05, 0) is 12.1 Å². The minimum atomic E-state index is -1.17. The van der Waals surface area contributed by atoms with Crippen molar-refractivity contribution in [3.8, 4) is 11.5 Å². The molecular weight excluding hydrogens is 280 g/mol. The van der Waals surface area contributed by atoms with Crippen LogP contribution in [0.1, 0.15) is 20.7 Å². The highest BCUT2D eigenvalue weighted by Gasteiger charge is 2.17. The van der Waals surface area contributed by atoms with Crippen LogP contribution >= 0.6 is 0 Å². The lowest BCUT2D eigenvalue weighted by molar-refractivity contribution is 0.0688. The van der Waals surface area contributed by atoms with Crippen LogP contribution < -0.4 is 9.47 Å². The van der Waals surface area contributed by atoms with Crippen molar-refractivity contribution in [2.45, 2.75) is 0 Å². The Morgan fingerprint density at radius 1 is 1.05 bits per heavy atom. The number of rotatable bonds is 10. The number of hydrogen-bond acceptors (Lipinski definition) is 6. The molecule has 7 heteroatoms. The highest BCUT2D eigenvalue weighted by Crippen LogP contribution is 2.28. The summed E-state index contributed by atoms with van der Waals surface area (Å²) in [7, 11) is 3.02. The van der Waals surface area contributed by atoms with E-state index in [1.165, 1.54) is 26.4 Å². The van der Waals surface area contributed by atoms with Crippen LogP contribution in [0, 0.1) is 0 Å². The Bertz CT molecular complexity index is 484. The van der Waals surface area contributed by atoms with Crippen molar-refractivity contribution < 1.29 is 33.6 Å². The summed E-state index contributed by atoms with van der Waals surface area (Å²) in [6.45, 7) is 1.02. The van der Waals surface area contributed by atoms with Gasteiger partial charge in [-0.1, -0.05) is 0 Å². The Labute approximate surface area is 122 Å². The van der Waals surface area contributed by atoms with Crippen LogP contribution in [0.15, 0.2) is 12.1 Å². The molecule has 0 aromatic heterocycles. The average Bonchev–Trinajstić information content (AvgIpc) is 2.48. The number of carbonyl (C=O) groups is 2. The highest BCUT2D eigenvalue weighted by atomic mass is 16.5. The quantitative estimate of drug-likeness (QED) is 0.513. The zero-order valence-electron chi connectivity index (χ0n) is 12.0. The normalized spacial score (nSPS) is 10.2. The summed E-state index contributed by atoms with van der Waals surface area (Å²) in [5.41, 5.74) is 0.132. The largest absolute Gasteiger partial charge is 0.490 e. The minimum Gasteiger partial charge on any atom is -0.490 e. The Hall–Kier alpha value is -2.12. The summed E-state index contributed by atoms with van der Waals surface area (Å²) >= 11 is 0. The zero-order chi connectivity index (χ0) is 15.7. The van der Waals surface area contributed by atoms with Crippen molar-refractivity contribution in [1.29, 1.82) is 0 Å². The molecule has 1 rings (SSSR count). The van der Waals surface area contributed by atoms with E-state index in [0.29, 0.717) is 19.5 Å². The predicted molar refractivity (Wildman–Crippen MR) is 73.5 cm³/mol. The fourth-order valence-corrected chi connectivity index (χ4v) is 1.55. The monoisotopic (exact) mass is 298 g/mol. The van der Waals surface area contributed by atoms with E-state index in [-0.39, 0.29) is 35.8 Å². The Kier molecular flexibility index (Phi) is 7.20. The third-order valence-electron chi connectivity index (χ3n) is 2.56. The molecule has 0 radical (unpaired) electrons. The molecule has 1 aromatic rings. The van der Waals surface area contributed by atoms with Crippen LogP contribution in [-0.2, 0) is 9.47 Å². The number of benzene rings is 1. The van der Waals surface area contributed by atoms with Gasteiger partial charge in [0.2, 0.25) is 0 Å². The number of hydrogen-bond donors (Lipinski definition) is 1. The van der Waals surface area contributed by atoms with Crippen molar-refractivity contribution >= 4 is 12.3 Å². The standard InChI is InChI=1S/C14H18O7/c1-18-3-5-20-12-8-11(14(16)17)13(7-10(12)9-15)21-6-4-19-2/h7-9H,3-6H2,1-2H3,(H,16,17). The van der Waals surface area contributed by atoms with Gasteiger partial charge in [-0.25, -0.2) is 4.79 Å². The molecule has 0 unspecified atom stereocenters. The Morgan fingerprint density at radius 2 is 1.62 bits per heavy atom. The van der Waals surface area contributed by atoms with Gasteiger partial charge >= 0.3 is 5.97 Å². The summed E-state index contributed by atoms with van der Waals surface area (Å²) in [5.74, 6) is -0.893. The molecule has 0 spiro atoms. The molecule has 0 saturated carbocycles. The SMILES string of the molecule is COCCOc1cc(C(=O)O)c(OCCOC)cc1C=O. The zero-order valence-corrected chi connectivity index (χ0v) is 12.0. The van der Waals surface area contributed by atoms with Gasteiger partial charge in [-0.3, -0.25) is 4.79 Å². The van der Waals surface area contributed by atoms with Gasteiger partial charge in [0.25, 0.3) is 0 Å². The number of aldehydes is 1. The summed E-state index contributed by atoms with van der Waals surface area (Å²) in [4.78, 5) is 22.3. The lowest BCUT2D eigenvalue weighted by Gasteiger charge is -2.13. The maximum absolute atomic E-state index is 11.3. The third kappa shape index (κ3) is 5.05. The molecular formula is C14H18O7. The van der Waals surface area contributed by atoms with Gasteiger partial charge in [0.15, 0.2) is 6.29 Å². The average molecular weight is 298 g/mol. The smallest absolute Gasteiger partial charge is 0.339 e. The van der Waals surface area contributed by atoms with E-state index >= 15 is 0 Å². The number of carboxylic acid groups (broad SMARTS) is 1.